The van der Waals surface area contributed by atoms with Crippen LogP contribution >= 0.6 is 11.8 Å². The second kappa shape index (κ2) is 10.3. The zero-order chi connectivity index (χ0) is 13.9. The lowest BCUT2D eigenvalue weighted by atomic mass is 9.96. The normalized spacial score (nSPS) is 12.6. The summed E-state index contributed by atoms with van der Waals surface area (Å²) in [5, 5.41) is 3.49. The average molecular weight is 281 g/mol. The number of rotatable bonds is 10. The summed E-state index contributed by atoms with van der Waals surface area (Å²) in [5.41, 5.74) is 2.79. The van der Waals surface area contributed by atoms with E-state index in [9.17, 15) is 0 Å². The number of benzene rings is 1. The van der Waals surface area contributed by atoms with Crippen molar-refractivity contribution in [1.82, 2.24) is 5.32 Å². The number of ether oxygens (including phenoxy) is 1. The van der Waals surface area contributed by atoms with E-state index < -0.39 is 0 Å². The minimum atomic E-state index is 0.715. The van der Waals surface area contributed by atoms with Gasteiger partial charge in [-0.1, -0.05) is 29.8 Å². The van der Waals surface area contributed by atoms with Crippen LogP contribution < -0.4 is 5.32 Å². The molecule has 0 saturated heterocycles. The van der Waals surface area contributed by atoms with Gasteiger partial charge in [0, 0.05) is 13.7 Å². The van der Waals surface area contributed by atoms with Crippen molar-refractivity contribution in [2.75, 3.05) is 38.8 Å². The molecule has 2 nitrogen and oxygen atoms in total. The predicted octanol–water partition coefficient (Wildman–Crippen LogP) is 3.14. The van der Waals surface area contributed by atoms with Crippen LogP contribution in [0.2, 0.25) is 0 Å². The fourth-order valence-corrected chi connectivity index (χ4v) is 2.67. The van der Waals surface area contributed by atoms with Crippen LogP contribution in [0.5, 0.6) is 0 Å². The van der Waals surface area contributed by atoms with Gasteiger partial charge in [0.1, 0.15) is 0 Å². The van der Waals surface area contributed by atoms with E-state index in [1.165, 1.54) is 29.7 Å². The van der Waals surface area contributed by atoms with E-state index in [1.807, 2.05) is 11.8 Å². The number of methoxy groups -OCH3 is 1. The van der Waals surface area contributed by atoms with Crippen LogP contribution in [-0.2, 0) is 11.2 Å². The molecule has 0 fully saturated rings. The molecule has 0 aromatic heterocycles. The molecule has 0 heterocycles. The Kier molecular flexibility index (Phi) is 8.97. The SMILES string of the molecule is COCCNCC(CCSC)Cc1ccc(C)cc1. The van der Waals surface area contributed by atoms with Gasteiger partial charge in [-0.05, 0) is 49.8 Å². The van der Waals surface area contributed by atoms with Gasteiger partial charge in [-0.15, -0.1) is 0 Å². The predicted molar refractivity (Wildman–Crippen MR) is 86.1 cm³/mol. The van der Waals surface area contributed by atoms with Gasteiger partial charge in [0.15, 0.2) is 0 Å². The number of nitrogens with one attached hydrogen (secondary N) is 1. The van der Waals surface area contributed by atoms with Crippen LogP contribution in [0.25, 0.3) is 0 Å². The highest BCUT2D eigenvalue weighted by Crippen LogP contribution is 2.15. The van der Waals surface area contributed by atoms with Crippen LogP contribution in [0, 0.1) is 12.8 Å². The van der Waals surface area contributed by atoms with Crippen LogP contribution in [0.15, 0.2) is 24.3 Å². The molecule has 1 aromatic carbocycles. The monoisotopic (exact) mass is 281 g/mol. The highest BCUT2D eigenvalue weighted by Gasteiger charge is 2.09. The Morgan fingerprint density at radius 2 is 2.00 bits per heavy atom. The number of hydrogen-bond acceptors (Lipinski definition) is 3. The van der Waals surface area contributed by atoms with E-state index in [-0.39, 0.29) is 0 Å². The standard InChI is InChI=1S/C16H27NOS/c1-14-4-6-15(7-5-14)12-16(8-11-19-3)13-17-9-10-18-2/h4-7,16-17H,8-13H2,1-3H3. The molecular formula is C16H27NOS. The third-order valence-corrected chi connectivity index (χ3v) is 3.94. The van der Waals surface area contributed by atoms with E-state index in [2.05, 4.69) is 42.8 Å². The van der Waals surface area contributed by atoms with E-state index in [0.717, 1.165) is 19.7 Å². The van der Waals surface area contributed by atoms with Gasteiger partial charge in [-0.3, -0.25) is 0 Å². The highest BCUT2D eigenvalue weighted by atomic mass is 32.2. The zero-order valence-electron chi connectivity index (χ0n) is 12.4. The summed E-state index contributed by atoms with van der Waals surface area (Å²) in [6.45, 7) is 4.96. The molecule has 19 heavy (non-hydrogen) atoms. The highest BCUT2D eigenvalue weighted by molar-refractivity contribution is 7.98. The van der Waals surface area contributed by atoms with Gasteiger partial charge in [-0.25, -0.2) is 0 Å². The first-order chi connectivity index (χ1) is 9.26. The number of hydrogen-bond donors (Lipinski definition) is 1. The molecule has 0 radical (unpaired) electrons. The third-order valence-electron chi connectivity index (χ3n) is 3.29. The average Bonchev–Trinajstić information content (AvgIpc) is 2.43. The van der Waals surface area contributed by atoms with Crippen molar-refractivity contribution in [2.45, 2.75) is 19.8 Å². The molecule has 0 aliphatic carbocycles. The maximum absolute atomic E-state index is 5.07. The maximum Gasteiger partial charge on any atom is 0.0587 e. The molecule has 1 atom stereocenters. The second-order valence-corrected chi connectivity index (χ2v) is 6.02. The molecular weight excluding hydrogens is 254 g/mol. The smallest absolute Gasteiger partial charge is 0.0587 e. The minimum Gasteiger partial charge on any atom is -0.383 e. The molecule has 0 aliphatic heterocycles. The quantitative estimate of drug-likeness (QED) is 0.666. The van der Waals surface area contributed by atoms with E-state index in [4.69, 9.17) is 4.74 Å². The lowest BCUT2D eigenvalue weighted by molar-refractivity contribution is 0.197. The van der Waals surface area contributed by atoms with E-state index in [1.54, 1.807) is 7.11 Å². The maximum atomic E-state index is 5.07. The molecule has 3 heteroatoms. The van der Waals surface area contributed by atoms with E-state index >= 15 is 0 Å². The van der Waals surface area contributed by atoms with Crippen molar-refractivity contribution >= 4 is 11.8 Å². The largest absolute Gasteiger partial charge is 0.383 e. The molecule has 0 bridgehead atoms. The first-order valence-electron chi connectivity index (χ1n) is 7.00. The van der Waals surface area contributed by atoms with Gasteiger partial charge in [0.05, 0.1) is 6.61 Å². The summed E-state index contributed by atoms with van der Waals surface area (Å²) in [5.74, 6) is 1.95. The molecule has 1 rings (SSSR count). The van der Waals surface area contributed by atoms with Gasteiger partial charge in [0.2, 0.25) is 0 Å². The topological polar surface area (TPSA) is 21.3 Å². The molecule has 1 aromatic rings. The molecule has 0 amide bonds. The van der Waals surface area contributed by atoms with Crippen LogP contribution in [0.4, 0.5) is 0 Å². The second-order valence-electron chi connectivity index (χ2n) is 5.03. The number of thioether (sulfide) groups is 1. The Hall–Kier alpha value is -0.510. The summed E-state index contributed by atoms with van der Waals surface area (Å²) < 4.78 is 5.07. The molecule has 108 valence electrons. The first-order valence-corrected chi connectivity index (χ1v) is 8.39. The van der Waals surface area contributed by atoms with Crippen molar-refractivity contribution in [3.8, 4) is 0 Å². The molecule has 0 aliphatic rings. The summed E-state index contributed by atoms with van der Waals surface area (Å²) in [7, 11) is 1.75. The van der Waals surface area contributed by atoms with Crippen molar-refractivity contribution < 1.29 is 4.74 Å². The van der Waals surface area contributed by atoms with Gasteiger partial charge in [0.25, 0.3) is 0 Å². The van der Waals surface area contributed by atoms with Gasteiger partial charge in [-0.2, -0.15) is 11.8 Å². The Morgan fingerprint density at radius 1 is 1.26 bits per heavy atom. The Morgan fingerprint density at radius 3 is 2.63 bits per heavy atom. The van der Waals surface area contributed by atoms with Gasteiger partial charge < -0.3 is 10.1 Å². The lowest BCUT2D eigenvalue weighted by Gasteiger charge is -2.17. The Labute approximate surface area is 122 Å². The van der Waals surface area contributed by atoms with Crippen LogP contribution in [-0.4, -0.2) is 38.8 Å². The van der Waals surface area contributed by atoms with Crippen molar-refractivity contribution in [1.29, 1.82) is 0 Å². The van der Waals surface area contributed by atoms with Gasteiger partial charge >= 0.3 is 0 Å². The number of aryl methyl sites for hydroxylation is 1. The summed E-state index contributed by atoms with van der Waals surface area (Å²) in [6.07, 6.45) is 4.62. The first kappa shape index (κ1) is 16.5. The summed E-state index contributed by atoms with van der Waals surface area (Å²) >= 11 is 1.93. The Bertz CT molecular complexity index is 326. The Balaban J connectivity index is 2.41. The van der Waals surface area contributed by atoms with Crippen LogP contribution in [0.1, 0.15) is 17.5 Å². The minimum absolute atomic E-state index is 0.715. The van der Waals surface area contributed by atoms with Crippen molar-refractivity contribution in [3.63, 3.8) is 0 Å². The molecule has 1 N–H and O–H groups in total. The third kappa shape index (κ3) is 7.61. The molecule has 0 saturated carbocycles. The molecule has 0 spiro atoms. The fraction of sp³-hybridized carbons (Fsp3) is 0.625. The lowest BCUT2D eigenvalue weighted by Crippen LogP contribution is -2.27. The van der Waals surface area contributed by atoms with Crippen LogP contribution in [0.3, 0.4) is 0 Å². The summed E-state index contributed by atoms with van der Waals surface area (Å²) in [4.78, 5) is 0. The van der Waals surface area contributed by atoms with Crippen molar-refractivity contribution in [3.05, 3.63) is 35.4 Å². The molecule has 1 unspecified atom stereocenters. The van der Waals surface area contributed by atoms with E-state index in [0.29, 0.717) is 5.92 Å². The summed E-state index contributed by atoms with van der Waals surface area (Å²) in [6, 6.07) is 8.94. The zero-order valence-corrected chi connectivity index (χ0v) is 13.3. The van der Waals surface area contributed by atoms with Crippen molar-refractivity contribution in [2.24, 2.45) is 5.92 Å². The fourth-order valence-electron chi connectivity index (χ4n) is 2.10.